The van der Waals surface area contributed by atoms with Crippen molar-refractivity contribution >= 4 is 22.5 Å². The van der Waals surface area contributed by atoms with Gasteiger partial charge < -0.3 is 9.64 Å². The molecule has 1 amide bonds. The fourth-order valence-electron chi connectivity index (χ4n) is 4.84. The van der Waals surface area contributed by atoms with E-state index in [1.54, 1.807) is 14.0 Å². The first-order valence-electron chi connectivity index (χ1n) is 10.7. The van der Waals surface area contributed by atoms with E-state index in [2.05, 4.69) is 4.90 Å². The quantitative estimate of drug-likeness (QED) is 0.741. The molecule has 2 aliphatic heterocycles. The third-order valence-corrected chi connectivity index (χ3v) is 6.58. The molecule has 0 N–H and O–H groups in total. The Morgan fingerprint density at radius 2 is 1.69 bits per heavy atom. The maximum Gasteiger partial charge on any atom is 0.219 e. The fraction of sp³-hybridized carbons (Fsp3) is 0.500. The average Bonchev–Trinajstić information content (AvgIpc) is 2.78. The van der Waals surface area contributed by atoms with E-state index in [1.165, 1.54) is 0 Å². The van der Waals surface area contributed by atoms with Crippen molar-refractivity contribution < 1.29 is 14.3 Å². The minimum Gasteiger partial charge on any atom is -0.497 e. The summed E-state index contributed by atoms with van der Waals surface area (Å²) < 4.78 is 5.29. The Labute approximate surface area is 172 Å². The zero-order valence-electron chi connectivity index (χ0n) is 17.4. The molecule has 2 heterocycles. The van der Waals surface area contributed by atoms with Crippen LogP contribution < -0.4 is 4.74 Å². The van der Waals surface area contributed by atoms with E-state index in [0.29, 0.717) is 6.04 Å². The van der Waals surface area contributed by atoms with Gasteiger partial charge in [0.2, 0.25) is 5.91 Å². The molecular weight excluding hydrogens is 364 g/mol. The average molecular weight is 395 g/mol. The Balaban J connectivity index is 1.43. The van der Waals surface area contributed by atoms with Gasteiger partial charge in [-0.25, -0.2) is 0 Å². The number of hydrogen-bond donors (Lipinski definition) is 0. The molecule has 2 saturated heterocycles. The number of hydrogen-bond acceptors (Lipinski definition) is 4. The maximum absolute atomic E-state index is 13.2. The molecule has 5 nitrogen and oxygen atoms in total. The molecule has 4 rings (SSSR count). The molecule has 5 heteroatoms. The molecule has 0 saturated carbocycles. The number of carbonyl (C=O) groups excluding carboxylic acids is 2. The highest BCUT2D eigenvalue weighted by molar-refractivity contribution is 6.01. The van der Waals surface area contributed by atoms with Gasteiger partial charge in [0.1, 0.15) is 5.75 Å². The van der Waals surface area contributed by atoms with Crippen LogP contribution in [0.2, 0.25) is 0 Å². The van der Waals surface area contributed by atoms with Gasteiger partial charge in [-0.1, -0.05) is 18.2 Å². The second-order valence-corrected chi connectivity index (χ2v) is 8.36. The van der Waals surface area contributed by atoms with E-state index in [1.807, 2.05) is 41.3 Å². The Kier molecular flexibility index (Phi) is 5.86. The van der Waals surface area contributed by atoms with Crippen molar-refractivity contribution in [1.29, 1.82) is 0 Å². The van der Waals surface area contributed by atoms with Crippen molar-refractivity contribution in [3.05, 3.63) is 42.0 Å². The molecule has 0 aromatic heterocycles. The van der Waals surface area contributed by atoms with Crippen molar-refractivity contribution in [1.82, 2.24) is 9.80 Å². The third-order valence-electron chi connectivity index (χ3n) is 6.58. The molecule has 0 radical (unpaired) electrons. The lowest BCUT2D eigenvalue weighted by molar-refractivity contribution is -0.130. The first-order valence-corrected chi connectivity index (χ1v) is 10.7. The Bertz CT molecular complexity index is 902. The SMILES string of the molecule is COc1ccc2cc(C(=O)[C@@H]3CCCN(C4CCN(C(C)=O)CC4)C3)ccc2c1. The molecule has 2 aromatic rings. The number of carbonyl (C=O) groups is 2. The van der Waals surface area contributed by atoms with Crippen LogP contribution in [-0.2, 0) is 4.79 Å². The Morgan fingerprint density at radius 3 is 2.41 bits per heavy atom. The van der Waals surface area contributed by atoms with Crippen LogP contribution in [0.1, 0.15) is 43.0 Å². The first kappa shape index (κ1) is 19.9. The minimum absolute atomic E-state index is 0.0604. The van der Waals surface area contributed by atoms with E-state index >= 15 is 0 Å². The maximum atomic E-state index is 13.2. The van der Waals surface area contributed by atoms with Crippen LogP contribution in [0, 0.1) is 5.92 Å². The number of methoxy groups -OCH3 is 1. The normalized spacial score (nSPS) is 21.3. The fourth-order valence-corrected chi connectivity index (χ4v) is 4.84. The van der Waals surface area contributed by atoms with E-state index in [4.69, 9.17) is 4.74 Å². The molecule has 2 aromatic carbocycles. The summed E-state index contributed by atoms with van der Waals surface area (Å²) in [6, 6.07) is 12.4. The van der Waals surface area contributed by atoms with Gasteiger partial charge in [0.25, 0.3) is 0 Å². The van der Waals surface area contributed by atoms with Crippen molar-refractivity contribution in [3.8, 4) is 5.75 Å². The van der Waals surface area contributed by atoms with Crippen molar-refractivity contribution in [2.75, 3.05) is 33.3 Å². The van der Waals surface area contributed by atoms with Crippen LogP contribution in [0.5, 0.6) is 5.75 Å². The summed E-state index contributed by atoms with van der Waals surface area (Å²) in [6.07, 6.45) is 4.05. The predicted octanol–water partition coefficient (Wildman–Crippen LogP) is 3.75. The van der Waals surface area contributed by atoms with Gasteiger partial charge in [-0.15, -0.1) is 0 Å². The molecule has 29 heavy (non-hydrogen) atoms. The zero-order chi connectivity index (χ0) is 20.4. The van der Waals surface area contributed by atoms with E-state index in [-0.39, 0.29) is 17.6 Å². The van der Waals surface area contributed by atoms with Crippen molar-refractivity contribution in [2.24, 2.45) is 5.92 Å². The summed E-state index contributed by atoms with van der Waals surface area (Å²) in [5.74, 6) is 1.32. The second-order valence-electron chi connectivity index (χ2n) is 8.36. The van der Waals surface area contributed by atoms with E-state index in [9.17, 15) is 9.59 Å². The topological polar surface area (TPSA) is 49.9 Å². The predicted molar refractivity (Wildman–Crippen MR) is 114 cm³/mol. The third kappa shape index (κ3) is 4.30. The van der Waals surface area contributed by atoms with Gasteiger partial charge in [0, 0.05) is 44.1 Å². The van der Waals surface area contributed by atoms with Gasteiger partial charge in [-0.3, -0.25) is 14.5 Å². The number of ketones is 1. The summed E-state index contributed by atoms with van der Waals surface area (Å²) >= 11 is 0. The number of Topliss-reactive ketones (excluding diaryl/α,β-unsaturated/α-hetero) is 1. The molecule has 2 aliphatic rings. The summed E-state index contributed by atoms with van der Waals surface area (Å²) in [4.78, 5) is 29.2. The minimum atomic E-state index is 0.0604. The van der Waals surface area contributed by atoms with Crippen LogP contribution >= 0.6 is 0 Å². The number of nitrogens with zero attached hydrogens (tertiary/aromatic N) is 2. The standard InChI is InChI=1S/C24H30N2O3/c1-17(27)25-12-9-22(10-13-25)26-11-3-4-21(16-26)24(28)20-6-5-19-15-23(29-2)8-7-18(19)14-20/h5-8,14-15,21-22H,3-4,9-13,16H2,1-2H3/t21-/m1/s1. The lowest BCUT2D eigenvalue weighted by atomic mass is 9.87. The monoisotopic (exact) mass is 394 g/mol. The van der Waals surface area contributed by atoms with E-state index < -0.39 is 0 Å². The summed E-state index contributed by atoms with van der Waals surface area (Å²) in [7, 11) is 1.66. The number of fused-ring (bicyclic) bond motifs is 1. The summed E-state index contributed by atoms with van der Waals surface area (Å²) in [5.41, 5.74) is 0.806. The van der Waals surface area contributed by atoms with Gasteiger partial charge in [-0.05, 0) is 61.2 Å². The second kappa shape index (κ2) is 8.54. The number of rotatable bonds is 4. The number of benzene rings is 2. The highest BCUT2D eigenvalue weighted by Gasteiger charge is 2.32. The Morgan fingerprint density at radius 1 is 0.966 bits per heavy atom. The van der Waals surface area contributed by atoms with Gasteiger partial charge in [0.15, 0.2) is 5.78 Å². The van der Waals surface area contributed by atoms with Crippen LogP contribution in [0.3, 0.4) is 0 Å². The van der Waals surface area contributed by atoms with Gasteiger partial charge >= 0.3 is 0 Å². The molecule has 2 fully saturated rings. The lowest BCUT2D eigenvalue weighted by Gasteiger charge is -2.42. The highest BCUT2D eigenvalue weighted by Crippen LogP contribution is 2.28. The number of amides is 1. The van der Waals surface area contributed by atoms with Gasteiger partial charge in [-0.2, -0.15) is 0 Å². The van der Waals surface area contributed by atoms with Gasteiger partial charge in [0.05, 0.1) is 7.11 Å². The molecule has 0 bridgehead atoms. The summed E-state index contributed by atoms with van der Waals surface area (Å²) in [5, 5.41) is 2.16. The molecular formula is C24H30N2O3. The highest BCUT2D eigenvalue weighted by atomic mass is 16.5. The van der Waals surface area contributed by atoms with Crippen molar-refractivity contribution in [2.45, 2.75) is 38.6 Å². The first-order chi connectivity index (χ1) is 14.0. The number of ether oxygens (including phenoxy) is 1. The molecule has 154 valence electrons. The van der Waals surface area contributed by atoms with Crippen LogP contribution in [0.15, 0.2) is 36.4 Å². The summed E-state index contributed by atoms with van der Waals surface area (Å²) in [6.45, 7) is 5.22. The zero-order valence-corrected chi connectivity index (χ0v) is 17.4. The van der Waals surface area contributed by atoms with E-state index in [0.717, 1.165) is 73.9 Å². The largest absolute Gasteiger partial charge is 0.497 e. The van der Waals surface area contributed by atoms with Crippen LogP contribution in [0.25, 0.3) is 10.8 Å². The molecule has 1 atom stereocenters. The van der Waals surface area contributed by atoms with Crippen LogP contribution in [-0.4, -0.2) is 60.8 Å². The number of piperidine rings is 2. The molecule has 0 aliphatic carbocycles. The lowest BCUT2D eigenvalue weighted by Crippen LogP contribution is -2.50. The van der Waals surface area contributed by atoms with Crippen molar-refractivity contribution in [3.63, 3.8) is 0 Å². The van der Waals surface area contributed by atoms with Crippen LogP contribution in [0.4, 0.5) is 0 Å². The number of likely N-dealkylation sites (tertiary alicyclic amines) is 2. The molecule has 0 unspecified atom stereocenters. The molecule has 0 spiro atoms. The smallest absolute Gasteiger partial charge is 0.219 e. The Hall–Kier alpha value is -2.40.